The highest BCUT2D eigenvalue weighted by Crippen LogP contribution is 2.24. The van der Waals surface area contributed by atoms with Gasteiger partial charge in [0.2, 0.25) is 0 Å². The van der Waals surface area contributed by atoms with Gasteiger partial charge in [0.25, 0.3) is 11.8 Å². The number of amides is 2. The average molecular weight is 406 g/mol. The molecule has 0 spiro atoms. The second-order valence-corrected chi connectivity index (χ2v) is 7.21. The van der Waals surface area contributed by atoms with Gasteiger partial charge in [0.1, 0.15) is 0 Å². The number of thiazole rings is 1. The number of fused-ring (bicyclic) bond motifs is 1. The highest BCUT2D eigenvalue weighted by molar-refractivity contribution is 7.22. The quantitative estimate of drug-likeness (QED) is 0.404. The molecule has 0 radical (unpaired) electrons. The molecule has 2 aromatic carbocycles. The fourth-order valence-electron chi connectivity index (χ4n) is 2.73. The Labute approximate surface area is 170 Å². The van der Waals surface area contributed by atoms with E-state index in [1.54, 1.807) is 47.7 Å². The predicted molar refractivity (Wildman–Crippen MR) is 114 cm³/mol. The summed E-state index contributed by atoms with van der Waals surface area (Å²) < 4.78 is 6.18. The van der Waals surface area contributed by atoms with Crippen molar-refractivity contribution < 1.29 is 14.0 Å². The Kier molecular flexibility index (Phi) is 5.53. The van der Waals surface area contributed by atoms with Crippen LogP contribution < -0.4 is 16.0 Å². The Bertz CT molecular complexity index is 1100. The number of rotatable bonds is 7. The van der Waals surface area contributed by atoms with Gasteiger partial charge in [-0.25, -0.2) is 4.98 Å². The number of carbonyl (C=O) groups is 2. The van der Waals surface area contributed by atoms with Crippen LogP contribution in [0.4, 0.5) is 10.8 Å². The van der Waals surface area contributed by atoms with Crippen molar-refractivity contribution in [3.05, 3.63) is 78.3 Å². The van der Waals surface area contributed by atoms with Crippen molar-refractivity contribution in [3.63, 3.8) is 0 Å². The van der Waals surface area contributed by atoms with E-state index >= 15 is 0 Å². The molecule has 4 aromatic rings. The number of para-hydroxylation sites is 1. The zero-order valence-corrected chi connectivity index (χ0v) is 16.2. The average Bonchev–Trinajstić information content (AvgIpc) is 3.41. The van der Waals surface area contributed by atoms with E-state index in [1.807, 2.05) is 24.3 Å². The first kappa shape index (κ1) is 18.7. The lowest BCUT2D eigenvalue weighted by Gasteiger charge is -2.08. The van der Waals surface area contributed by atoms with Gasteiger partial charge in [0.05, 0.1) is 16.5 Å². The van der Waals surface area contributed by atoms with Crippen LogP contribution in [-0.2, 0) is 0 Å². The molecule has 0 bridgehead atoms. The first-order valence-electron chi connectivity index (χ1n) is 9.01. The Balaban J connectivity index is 1.28. The minimum Gasteiger partial charge on any atom is -0.459 e. The van der Waals surface area contributed by atoms with Crippen LogP contribution in [0.25, 0.3) is 10.2 Å². The Morgan fingerprint density at radius 2 is 1.86 bits per heavy atom. The number of aromatic nitrogens is 1. The summed E-state index contributed by atoms with van der Waals surface area (Å²) in [5, 5.41) is 9.61. The molecule has 0 saturated heterocycles. The van der Waals surface area contributed by atoms with Crippen molar-refractivity contribution in [2.24, 2.45) is 0 Å². The van der Waals surface area contributed by atoms with E-state index in [0.717, 1.165) is 15.3 Å². The zero-order chi connectivity index (χ0) is 20.1. The first-order chi connectivity index (χ1) is 14.2. The largest absolute Gasteiger partial charge is 0.459 e. The normalized spacial score (nSPS) is 10.6. The van der Waals surface area contributed by atoms with Crippen LogP contribution in [0.15, 0.2) is 71.3 Å². The molecule has 2 heterocycles. The Morgan fingerprint density at radius 3 is 2.69 bits per heavy atom. The summed E-state index contributed by atoms with van der Waals surface area (Å²) >= 11 is 1.58. The third-order valence-corrected chi connectivity index (χ3v) is 5.10. The van der Waals surface area contributed by atoms with E-state index < -0.39 is 0 Å². The highest BCUT2D eigenvalue weighted by atomic mass is 32.1. The lowest BCUT2D eigenvalue weighted by atomic mass is 10.2. The number of hydrogen-bond donors (Lipinski definition) is 3. The van der Waals surface area contributed by atoms with Crippen molar-refractivity contribution in [2.45, 2.75) is 0 Å². The minimum absolute atomic E-state index is 0.209. The van der Waals surface area contributed by atoms with E-state index in [2.05, 4.69) is 20.9 Å². The summed E-state index contributed by atoms with van der Waals surface area (Å²) in [6.45, 7) is 0.998. The molecular weight excluding hydrogens is 388 g/mol. The number of benzene rings is 2. The van der Waals surface area contributed by atoms with Crippen LogP contribution >= 0.6 is 11.3 Å². The third kappa shape index (κ3) is 4.61. The molecule has 0 unspecified atom stereocenters. The summed E-state index contributed by atoms with van der Waals surface area (Å²) in [6.07, 6.45) is 1.43. The molecule has 0 aliphatic rings. The number of furan rings is 1. The van der Waals surface area contributed by atoms with Crippen molar-refractivity contribution in [2.75, 3.05) is 23.7 Å². The second-order valence-electron chi connectivity index (χ2n) is 6.18. The monoisotopic (exact) mass is 406 g/mol. The summed E-state index contributed by atoms with van der Waals surface area (Å²) in [4.78, 5) is 28.9. The Morgan fingerprint density at radius 1 is 0.966 bits per heavy atom. The van der Waals surface area contributed by atoms with Crippen LogP contribution in [-0.4, -0.2) is 29.9 Å². The topological polar surface area (TPSA) is 96.3 Å². The van der Waals surface area contributed by atoms with E-state index in [0.29, 0.717) is 24.3 Å². The lowest BCUT2D eigenvalue weighted by molar-refractivity contribution is 0.0953. The van der Waals surface area contributed by atoms with Crippen LogP contribution in [0, 0.1) is 0 Å². The van der Waals surface area contributed by atoms with Crippen molar-refractivity contribution in [3.8, 4) is 0 Å². The number of nitrogens with zero attached hydrogens (tertiary/aromatic N) is 1. The van der Waals surface area contributed by atoms with E-state index in [-0.39, 0.29) is 17.6 Å². The fraction of sp³-hybridized carbons (Fsp3) is 0.0952. The predicted octanol–water partition coefficient (Wildman–Crippen LogP) is 3.98. The number of anilines is 2. The molecular formula is C21H18N4O3S. The van der Waals surface area contributed by atoms with Crippen molar-refractivity contribution in [1.29, 1.82) is 0 Å². The van der Waals surface area contributed by atoms with Crippen LogP contribution in [0.1, 0.15) is 20.9 Å². The molecule has 29 heavy (non-hydrogen) atoms. The van der Waals surface area contributed by atoms with E-state index in [1.165, 1.54) is 6.26 Å². The lowest BCUT2D eigenvalue weighted by Crippen LogP contribution is -2.28. The van der Waals surface area contributed by atoms with Crippen LogP contribution in [0.2, 0.25) is 0 Å². The molecule has 4 rings (SSSR count). The van der Waals surface area contributed by atoms with Gasteiger partial charge in [0, 0.05) is 24.3 Å². The van der Waals surface area contributed by atoms with Gasteiger partial charge in [-0.2, -0.15) is 0 Å². The maximum atomic E-state index is 12.4. The van der Waals surface area contributed by atoms with Gasteiger partial charge < -0.3 is 20.4 Å². The molecule has 0 aliphatic carbocycles. The molecule has 146 valence electrons. The summed E-state index contributed by atoms with van der Waals surface area (Å²) in [6, 6.07) is 17.9. The van der Waals surface area contributed by atoms with Crippen molar-refractivity contribution in [1.82, 2.24) is 10.3 Å². The number of nitrogens with one attached hydrogen (secondary N) is 3. The summed E-state index contributed by atoms with van der Waals surface area (Å²) in [5.41, 5.74) is 1.94. The molecule has 2 amide bonds. The van der Waals surface area contributed by atoms with Gasteiger partial charge in [-0.05, 0) is 42.5 Å². The highest BCUT2D eigenvalue weighted by Gasteiger charge is 2.11. The first-order valence-corrected chi connectivity index (χ1v) is 9.83. The Hall–Kier alpha value is -3.65. The molecule has 3 N–H and O–H groups in total. The van der Waals surface area contributed by atoms with Gasteiger partial charge in [-0.1, -0.05) is 29.5 Å². The zero-order valence-electron chi connectivity index (χ0n) is 15.3. The summed E-state index contributed by atoms with van der Waals surface area (Å²) in [7, 11) is 0. The van der Waals surface area contributed by atoms with Gasteiger partial charge in [-0.15, -0.1) is 0 Å². The van der Waals surface area contributed by atoms with Gasteiger partial charge >= 0.3 is 0 Å². The van der Waals surface area contributed by atoms with Gasteiger partial charge in [0.15, 0.2) is 10.9 Å². The molecule has 8 heteroatoms. The maximum absolute atomic E-state index is 12.4. The van der Waals surface area contributed by atoms with E-state index in [4.69, 9.17) is 4.42 Å². The molecule has 0 aliphatic heterocycles. The number of carbonyl (C=O) groups excluding carboxylic acids is 2. The SMILES string of the molecule is O=C(NCCNc1nc2ccccc2s1)c1cccc(NC(=O)c2ccco2)c1. The number of hydrogen-bond acceptors (Lipinski definition) is 6. The maximum Gasteiger partial charge on any atom is 0.291 e. The third-order valence-electron chi connectivity index (χ3n) is 4.11. The second kappa shape index (κ2) is 8.57. The van der Waals surface area contributed by atoms with Gasteiger partial charge in [-0.3, -0.25) is 9.59 Å². The minimum atomic E-state index is -0.368. The molecule has 7 nitrogen and oxygen atoms in total. The summed E-state index contributed by atoms with van der Waals surface area (Å²) in [5.74, 6) is -0.376. The molecule has 0 fully saturated rings. The van der Waals surface area contributed by atoms with E-state index in [9.17, 15) is 9.59 Å². The smallest absolute Gasteiger partial charge is 0.291 e. The van der Waals surface area contributed by atoms with Crippen LogP contribution in [0.5, 0.6) is 0 Å². The van der Waals surface area contributed by atoms with Crippen molar-refractivity contribution >= 4 is 44.2 Å². The standard InChI is InChI=1S/C21H18N4O3S/c26-19(22-10-11-23-21-25-16-7-1-2-9-18(16)29-21)14-5-3-6-15(13-14)24-20(27)17-8-4-12-28-17/h1-9,12-13H,10-11H2,(H,22,26)(H,23,25)(H,24,27). The van der Waals surface area contributed by atoms with Crippen LogP contribution in [0.3, 0.4) is 0 Å². The fourth-order valence-corrected chi connectivity index (χ4v) is 3.63. The molecule has 2 aromatic heterocycles. The molecule has 0 atom stereocenters. The molecule has 0 saturated carbocycles.